The summed E-state index contributed by atoms with van der Waals surface area (Å²) in [6, 6.07) is 0.313. The van der Waals surface area contributed by atoms with Gasteiger partial charge in [0.05, 0.1) is 24.7 Å². The van der Waals surface area contributed by atoms with Crippen LogP contribution < -0.4 is 11.5 Å². The molecule has 2 rings (SSSR count). The first-order valence-corrected chi connectivity index (χ1v) is 8.66. The zero-order valence-electron chi connectivity index (χ0n) is 11.7. The fraction of sp³-hybridized carbons (Fsp3) is 0.750. The van der Waals surface area contributed by atoms with Crippen molar-refractivity contribution in [1.29, 1.82) is 0 Å². The minimum atomic E-state index is -3.04. The molecule has 7 nitrogen and oxygen atoms in total. The summed E-state index contributed by atoms with van der Waals surface area (Å²) in [5.74, 6) is -0.0683. The summed E-state index contributed by atoms with van der Waals surface area (Å²) in [5, 5.41) is 0. The molecule has 2 atom stereocenters. The highest BCUT2D eigenvalue weighted by Crippen LogP contribution is 2.21. The summed E-state index contributed by atoms with van der Waals surface area (Å²) in [4.78, 5) is 6.37. The number of sulfone groups is 1. The zero-order valence-corrected chi connectivity index (χ0v) is 12.5. The quantitative estimate of drug-likeness (QED) is 0.625. The predicted molar refractivity (Wildman–Crippen MR) is 78.2 cm³/mol. The molecule has 8 heteroatoms. The van der Waals surface area contributed by atoms with Crippen LogP contribution in [0.15, 0.2) is 16.4 Å². The van der Waals surface area contributed by atoms with E-state index in [1.807, 2.05) is 0 Å². The largest absolute Gasteiger partial charge is 0.399 e. The van der Waals surface area contributed by atoms with Crippen LogP contribution in [0.25, 0.3) is 0 Å². The van der Waals surface area contributed by atoms with Crippen molar-refractivity contribution in [3.63, 3.8) is 0 Å². The van der Waals surface area contributed by atoms with E-state index in [0.29, 0.717) is 32.0 Å². The molecule has 2 aliphatic heterocycles. The fourth-order valence-corrected chi connectivity index (χ4v) is 2.77. The van der Waals surface area contributed by atoms with Gasteiger partial charge in [0.2, 0.25) is 0 Å². The number of nitrogens with zero attached hydrogens (tertiary/aromatic N) is 2. The topological polar surface area (TPSA) is 111 Å². The summed E-state index contributed by atoms with van der Waals surface area (Å²) in [5.41, 5.74) is 13.3. The third-order valence-electron chi connectivity index (χ3n) is 3.45. The molecule has 0 unspecified atom stereocenters. The van der Waals surface area contributed by atoms with E-state index in [4.69, 9.17) is 16.2 Å². The Morgan fingerprint density at radius 1 is 1.45 bits per heavy atom. The molecule has 1 saturated heterocycles. The monoisotopic (exact) mass is 302 g/mol. The first kappa shape index (κ1) is 15.4. The molecular formula is C12H22N4O3S. The lowest BCUT2D eigenvalue weighted by atomic mass is 10.1. The second-order valence-corrected chi connectivity index (χ2v) is 7.65. The number of nitrogens with two attached hydrogens (primary N) is 2. The van der Waals surface area contributed by atoms with Crippen LogP contribution in [0.3, 0.4) is 0 Å². The summed E-state index contributed by atoms with van der Waals surface area (Å²) < 4.78 is 27.6. The van der Waals surface area contributed by atoms with Crippen LogP contribution in [0.5, 0.6) is 0 Å². The Hall–Kier alpha value is -0.960. The average Bonchev–Trinajstić information content (AvgIpc) is 2.70. The third kappa shape index (κ3) is 4.27. The fourth-order valence-electron chi connectivity index (χ4n) is 2.42. The molecule has 0 bridgehead atoms. The summed E-state index contributed by atoms with van der Waals surface area (Å²) in [6.07, 6.45) is 3.47. The van der Waals surface area contributed by atoms with Gasteiger partial charge in [-0.3, -0.25) is 9.89 Å². The van der Waals surface area contributed by atoms with Crippen LogP contribution in [-0.4, -0.2) is 69.9 Å². The number of ether oxygens (including phenoxy) is 1. The Bertz CT molecular complexity index is 515. The highest BCUT2D eigenvalue weighted by molar-refractivity contribution is 7.91. The average molecular weight is 302 g/mol. The van der Waals surface area contributed by atoms with Gasteiger partial charge in [-0.1, -0.05) is 0 Å². The van der Waals surface area contributed by atoms with Crippen molar-refractivity contribution in [2.24, 2.45) is 16.5 Å². The second-order valence-electron chi connectivity index (χ2n) is 5.47. The van der Waals surface area contributed by atoms with Gasteiger partial charge in [0.25, 0.3) is 0 Å². The molecule has 0 aliphatic carbocycles. The molecule has 2 aliphatic rings. The van der Waals surface area contributed by atoms with Gasteiger partial charge in [0.1, 0.15) is 0 Å². The summed E-state index contributed by atoms with van der Waals surface area (Å²) >= 11 is 0. The van der Waals surface area contributed by atoms with Crippen LogP contribution >= 0.6 is 0 Å². The van der Waals surface area contributed by atoms with Crippen LogP contribution in [0.2, 0.25) is 0 Å². The van der Waals surface area contributed by atoms with Gasteiger partial charge >= 0.3 is 0 Å². The molecule has 0 aromatic carbocycles. The van der Waals surface area contributed by atoms with Crippen molar-refractivity contribution >= 4 is 16.1 Å². The minimum absolute atomic E-state index is 0.0627. The van der Waals surface area contributed by atoms with Crippen LogP contribution in [0.1, 0.15) is 6.42 Å². The van der Waals surface area contributed by atoms with E-state index in [1.165, 1.54) is 12.5 Å². The third-order valence-corrected chi connectivity index (χ3v) is 4.21. The molecule has 0 amide bonds. The molecule has 1 fully saturated rings. The lowest BCUT2D eigenvalue weighted by Crippen LogP contribution is -2.47. The molecular weight excluding hydrogens is 280 g/mol. The molecule has 0 aromatic rings. The van der Waals surface area contributed by atoms with Crippen molar-refractivity contribution in [3.05, 3.63) is 11.4 Å². The standard InChI is InChI=1S/C12H22N4O3S/c1-20(17,18)3-2-15-12-6-16(5-11(12)14)10-4-9(13)7-19-8-10/h2,9-10H,3-8,13-14H2,1H3/b15-2-/t9-,10+/m0/s1. The van der Waals surface area contributed by atoms with Gasteiger partial charge in [-0.25, -0.2) is 8.42 Å². The van der Waals surface area contributed by atoms with E-state index in [9.17, 15) is 8.42 Å². The van der Waals surface area contributed by atoms with E-state index in [2.05, 4.69) is 9.89 Å². The maximum atomic E-state index is 11.1. The normalized spacial score (nSPS) is 29.5. The molecule has 0 radical (unpaired) electrons. The molecule has 20 heavy (non-hydrogen) atoms. The minimum Gasteiger partial charge on any atom is -0.399 e. The molecule has 0 saturated carbocycles. The first-order chi connectivity index (χ1) is 9.35. The van der Waals surface area contributed by atoms with Crippen molar-refractivity contribution in [2.45, 2.75) is 18.5 Å². The highest BCUT2D eigenvalue weighted by Gasteiger charge is 2.30. The first-order valence-electron chi connectivity index (χ1n) is 6.60. The van der Waals surface area contributed by atoms with Gasteiger partial charge in [0, 0.05) is 43.3 Å². The predicted octanol–water partition coefficient (Wildman–Crippen LogP) is -1.30. The summed E-state index contributed by atoms with van der Waals surface area (Å²) in [6.45, 7) is 2.51. The van der Waals surface area contributed by atoms with Crippen LogP contribution in [-0.2, 0) is 14.6 Å². The Kier molecular flexibility index (Phi) is 4.79. The van der Waals surface area contributed by atoms with Crippen molar-refractivity contribution in [2.75, 3.05) is 38.3 Å². The van der Waals surface area contributed by atoms with Gasteiger partial charge in [-0.05, 0) is 6.42 Å². The van der Waals surface area contributed by atoms with Gasteiger partial charge in [0.15, 0.2) is 9.84 Å². The maximum Gasteiger partial charge on any atom is 0.152 e. The van der Waals surface area contributed by atoms with Gasteiger partial charge in [-0.2, -0.15) is 0 Å². The molecule has 0 aromatic heterocycles. The van der Waals surface area contributed by atoms with Crippen molar-refractivity contribution in [3.8, 4) is 0 Å². The Morgan fingerprint density at radius 3 is 2.85 bits per heavy atom. The van der Waals surface area contributed by atoms with E-state index in [-0.39, 0.29) is 17.8 Å². The molecule has 4 N–H and O–H groups in total. The Morgan fingerprint density at radius 2 is 2.20 bits per heavy atom. The van der Waals surface area contributed by atoms with Crippen molar-refractivity contribution < 1.29 is 13.2 Å². The molecule has 2 heterocycles. The number of rotatable bonds is 4. The molecule has 0 spiro atoms. The zero-order chi connectivity index (χ0) is 14.8. The van der Waals surface area contributed by atoms with Crippen LogP contribution in [0, 0.1) is 0 Å². The van der Waals surface area contributed by atoms with Crippen molar-refractivity contribution in [1.82, 2.24) is 4.90 Å². The lowest BCUT2D eigenvalue weighted by Gasteiger charge is -2.33. The maximum absolute atomic E-state index is 11.1. The smallest absolute Gasteiger partial charge is 0.152 e. The van der Waals surface area contributed by atoms with E-state index in [0.717, 1.165) is 12.1 Å². The second kappa shape index (κ2) is 6.21. The SMILES string of the molecule is CS(=O)(=O)C/C=N\C1=C(N)CN([C@H]2COC[C@@H](N)C2)C1. The molecule has 114 valence electrons. The van der Waals surface area contributed by atoms with E-state index < -0.39 is 9.84 Å². The number of hydrogen-bond acceptors (Lipinski definition) is 7. The summed E-state index contributed by atoms with van der Waals surface area (Å²) in [7, 11) is -3.04. The van der Waals surface area contributed by atoms with Crippen LogP contribution in [0.4, 0.5) is 0 Å². The number of hydrogen-bond donors (Lipinski definition) is 2. The lowest BCUT2D eigenvalue weighted by molar-refractivity contribution is 0.0162. The van der Waals surface area contributed by atoms with E-state index >= 15 is 0 Å². The Labute approximate surface area is 119 Å². The van der Waals surface area contributed by atoms with Gasteiger partial charge in [-0.15, -0.1) is 0 Å². The van der Waals surface area contributed by atoms with E-state index in [1.54, 1.807) is 0 Å². The number of aliphatic imine (C=N–C) groups is 1. The van der Waals surface area contributed by atoms with Gasteiger partial charge < -0.3 is 16.2 Å². The Balaban J connectivity index is 1.92. The highest BCUT2D eigenvalue weighted by atomic mass is 32.2.